The Hall–Kier alpha value is -7.08. The molecule has 5 N–H and O–H groups in total. The summed E-state index contributed by atoms with van der Waals surface area (Å²) in [4.78, 5) is 144. The molecule has 0 spiro atoms. The minimum atomic E-state index is -5.91. The number of alkyl halides is 3. The molecule has 826 valence electrons. The molecule has 8 unspecified atom stereocenters. The second-order valence-electron chi connectivity index (χ2n) is 43.0. The molecule has 5 saturated heterocycles. The lowest BCUT2D eigenvalue weighted by Crippen LogP contribution is -2.61. The molecule has 4 bridgehead atoms. The number of ether oxygens (including phenoxy) is 12. The number of hydrogen-bond donors (Lipinski definition) is 5. The maximum absolute atomic E-state index is 14.5. The minimum Gasteiger partial charge on any atom is -0.460 e. The van der Waals surface area contributed by atoms with E-state index in [2.05, 4.69) is 8.92 Å². The lowest BCUT2D eigenvalue weighted by molar-refractivity contribution is -0.265. The first kappa shape index (κ1) is 124. The monoisotopic (exact) mass is 2090 g/mol. The van der Waals surface area contributed by atoms with Gasteiger partial charge in [-0.05, 0) is 233 Å². The normalized spacial score (nSPS) is 38.6. The number of Topliss-reactive ketones (excluding diaryl/α,β-unsaturated/α-hetero) is 6. The summed E-state index contributed by atoms with van der Waals surface area (Å²) in [6, 6.07) is -2.41. The van der Waals surface area contributed by atoms with Crippen LogP contribution in [0.4, 0.5) is 13.2 Å². The number of amides is 2. The smallest absolute Gasteiger partial charge is 0.460 e. The molecule has 10 rings (SSSR count). The number of piperidine rings is 2. The molecule has 0 aromatic heterocycles. The highest BCUT2D eigenvalue weighted by atomic mass is 32.2. The molecule has 3 saturated carbocycles. The summed E-state index contributed by atoms with van der Waals surface area (Å²) < 4.78 is 138. The van der Waals surface area contributed by atoms with E-state index in [0.29, 0.717) is 95.8 Å². The van der Waals surface area contributed by atoms with Crippen molar-refractivity contribution >= 4 is 68.6 Å². The number of methoxy groups -OCH3 is 6. The van der Waals surface area contributed by atoms with Crippen LogP contribution >= 0.6 is 0 Å². The fourth-order valence-electron chi connectivity index (χ4n) is 21.7. The van der Waals surface area contributed by atoms with Gasteiger partial charge in [-0.25, -0.2) is 9.59 Å². The van der Waals surface area contributed by atoms with Gasteiger partial charge in [0.2, 0.25) is 11.6 Å². The van der Waals surface area contributed by atoms with Gasteiger partial charge in [0.15, 0.2) is 11.6 Å². The largest absolute Gasteiger partial charge is 0.523 e. The molecular formula is C110H169F3N2O30S. The molecule has 10 aliphatic rings. The van der Waals surface area contributed by atoms with E-state index in [1.165, 1.54) is 45.8 Å². The summed E-state index contributed by atoms with van der Waals surface area (Å²) in [5.74, 6) is -17.3. The highest BCUT2D eigenvalue weighted by Crippen LogP contribution is 2.44. The van der Waals surface area contributed by atoms with Crippen molar-refractivity contribution in [3.8, 4) is 0 Å². The van der Waals surface area contributed by atoms with Gasteiger partial charge in [-0.2, -0.15) is 21.6 Å². The predicted molar refractivity (Wildman–Crippen MR) is 537 cm³/mol. The maximum Gasteiger partial charge on any atom is 0.523 e. The molecule has 32 nitrogen and oxygen atoms in total. The van der Waals surface area contributed by atoms with Crippen LogP contribution in [-0.2, 0) is 119 Å². The molecule has 2 amide bonds. The van der Waals surface area contributed by atoms with E-state index >= 15 is 0 Å². The summed E-state index contributed by atoms with van der Waals surface area (Å²) in [5.41, 5.74) is -3.22. The number of aliphatic hydroxyl groups excluding tert-OH is 3. The summed E-state index contributed by atoms with van der Waals surface area (Å²) in [5, 5.41) is 55.2. The SMILES string of the molecule is COC1CC(C[C@H](C)[C@@H]2CC(=O)[C@H](C)/C=C(\C)C(O)[C@@H](OC)C(=O)[C@H](C)C[C@H](C)/C=C/C=C/C=C(\C)[C@@H](OC)C[C@@H]3CC[C@@H](C)[C@@](O)(O3)C(=O)C(=O)N3CCCC[C@H]3C(=O)O2)CCC1OC1CCC1.COC1CC(C[C@H](C)[C@@H]2CC(=O)[C@H](C)/C=C(\C)C(O)[C@@H](OC)C(=O)[C@H](C)C[C@H](C)/C=C/C=C/C=C(\C)[C@@H](OC)C[C@@H]3CC[C@@H](C)[C@@](O)(O3)C(=O)C(=O)N3CCCC[C@H]3C(=O)O2)CCC1OS(=O)(=O)C(F)(F)F.OC1COC1. The number of ketones is 6. The van der Waals surface area contributed by atoms with Gasteiger partial charge >= 0.3 is 27.6 Å². The number of aliphatic hydroxyl groups is 5. The molecule has 7 heterocycles. The van der Waals surface area contributed by atoms with Gasteiger partial charge in [-0.1, -0.05) is 142 Å². The van der Waals surface area contributed by atoms with E-state index in [1.54, 1.807) is 75.7 Å². The van der Waals surface area contributed by atoms with Crippen LogP contribution in [0.5, 0.6) is 0 Å². The van der Waals surface area contributed by atoms with Crippen LogP contribution < -0.4 is 0 Å². The average molecular weight is 2090 g/mol. The first-order valence-electron chi connectivity index (χ1n) is 52.8. The van der Waals surface area contributed by atoms with E-state index in [0.717, 1.165) is 48.2 Å². The number of fused-ring (bicyclic) bond motifs is 6. The Morgan fingerprint density at radius 3 is 1.20 bits per heavy atom. The lowest BCUT2D eigenvalue weighted by Gasteiger charge is -2.43. The molecular weight excluding hydrogens is 1920 g/mol. The van der Waals surface area contributed by atoms with Crippen molar-refractivity contribution in [2.45, 2.75) is 397 Å². The molecule has 30 atom stereocenters. The highest BCUT2D eigenvalue weighted by molar-refractivity contribution is 7.87. The number of carbonyl (C=O) groups excluding carboxylic acids is 10. The Morgan fingerprint density at radius 2 is 0.849 bits per heavy atom. The first-order chi connectivity index (χ1) is 68.9. The van der Waals surface area contributed by atoms with Crippen molar-refractivity contribution in [1.29, 1.82) is 0 Å². The number of rotatable bonds is 16. The molecule has 0 aromatic carbocycles. The Bertz CT molecular complexity index is 4670. The first-order valence-corrected chi connectivity index (χ1v) is 54.2. The number of esters is 2. The summed E-state index contributed by atoms with van der Waals surface area (Å²) >= 11 is 0. The topological polar surface area (TPSA) is 432 Å². The second-order valence-corrected chi connectivity index (χ2v) is 44.6. The molecule has 3 aliphatic carbocycles. The van der Waals surface area contributed by atoms with E-state index in [9.17, 15) is 90.0 Å². The third-order valence-electron chi connectivity index (χ3n) is 31.5. The highest BCUT2D eigenvalue weighted by Gasteiger charge is 2.57. The third-order valence-corrected chi connectivity index (χ3v) is 32.5. The Morgan fingerprint density at radius 1 is 0.459 bits per heavy atom. The standard InChI is InChI=1S/C55H85NO13.C52H78F3NO15S.C3H6O2/c1-33-17-12-11-13-18-34(2)46(64-8)31-42-24-22-39(7)55(63,69-42)52(60)53(61)56-26-15-14-21-43(56)54(62)68-47(36(4)29-40-23-25-45(48(30-40)65-9)67-41-19-16-20-41)32-44(57)35(3)28-38(6)50(59)51(66-10)49(58)37(5)27-33;1-30-16-12-11-13-17-31(2)42(66-8)28-38-21-19-36(7)51(63,70-38)48(60)49(61)56-23-15-14-18-39(56)50(62)69-43(29-40(57)32(3)25-35(6)46(59)47(68-10)45(58)34(5)24-30)33(4)26-37-20-22-41(44(27-37)67-9)71-72(64,65)52(53,54)55;4-3-1-5-2-3/h11-13,17-18,28,33,35-37,39-43,45-48,50-51,59,63H,14-16,19-27,29-32H2,1-10H3;11-13,16-17,25,30,32-34,36-39,41-44,46-47,59,63H,14-15,18-24,26-29H2,1-10H3;3-4H,1-2H2/b13-11+,17-12+,34-18+,38-28+;13-11+,16-12+,31-17+,35-25+;/t33-,35-,36+,37-,39-,40?,42+,43+,45?,46+,47+,48?,50?,51+,55-;30-,32-,33+,34-,36-,37?,38+,39+,41?,42+,43+,44?,46?,47+,51-;/m11./s1. The van der Waals surface area contributed by atoms with Crippen molar-refractivity contribution < 1.29 is 156 Å². The van der Waals surface area contributed by atoms with Crippen LogP contribution in [-0.4, -0.2) is 298 Å². The Kier molecular flexibility index (Phi) is 49.4. The Labute approximate surface area is 862 Å². The zero-order chi connectivity index (χ0) is 108. The lowest BCUT2D eigenvalue weighted by atomic mass is 9.78. The summed E-state index contributed by atoms with van der Waals surface area (Å²) in [6.45, 7) is 26.1. The van der Waals surface area contributed by atoms with Gasteiger partial charge in [0.1, 0.15) is 72.5 Å². The van der Waals surface area contributed by atoms with E-state index in [1.807, 2.05) is 102 Å². The zero-order valence-electron chi connectivity index (χ0n) is 89.5. The molecule has 36 heteroatoms. The number of nitrogens with zero attached hydrogens (tertiary/aromatic N) is 2. The van der Waals surface area contributed by atoms with Crippen LogP contribution in [0, 0.1) is 71.0 Å². The molecule has 8 fully saturated rings. The van der Waals surface area contributed by atoms with Crippen LogP contribution in [0.15, 0.2) is 95.2 Å². The van der Waals surface area contributed by atoms with Crippen LogP contribution in [0.2, 0.25) is 0 Å². The van der Waals surface area contributed by atoms with Gasteiger partial charge in [-0.15, -0.1) is 0 Å². The van der Waals surface area contributed by atoms with E-state index in [-0.39, 0.29) is 148 Å². The van der Waals surface area contributed by atoms with Gasteiger partial charge in [0.25, 0.3) is 23.4 Å². The fraction of sp³-hybridized carbons (Fsp3) is 0.764. The molecule has 0 radical (unpaired) electrons. The van der Waals surface area contributed by atoms with Gasteiger partial charge in [0.05, 0.1) is 62.0 Å². The van der Waals surface area contributed by atoms with E-state index in [4.69, 9.17) is 57.2 Å². The molecule has 0 aromatic rings. The van der Waals surface area contributed by atoms with Crippen LogP contribution in [0.1, 0.15) is 270 Å². The van der Waals surface area contributed by atoms with Crippen molar-refractivity contribution in [1.82, 2.24) is 9.80 Å². The van der Waals surface area contributed by atoms with Crippen molar-refractivity contribution in [2.75, 3.05) is 69.0 Å². The van der Waals surface area contributed by atoms with Crippen LogP contribution in [0.25, 0.3) is 0 Å². The zero-order valence-corrected chi connectivity index (χ0v) is 90.4. The summed E-state index contributed by atoms with van der Waals surface area (Å²) in [6.07, 6.45) is 22.4. The second kappa shape index (κ2) is 58.1. The van der Waals surface area contributed by atoms with Crippen molar-refractivity contribution in [3.05, 3.63) is 95.2 Å². The molecule has 7 aliphatic heterocycles. The van der Waals surface area contributed by atoms with Gasteiger partial charge in [-0.3, -0.25) is 42.5 Å². The number of hydrogen-bond acceptors (Lipinski definition) is 30. The quantitative estimate of drug-likeness (QED) is 0.0315. The average Bonchev–Trinajstić information content (AvgIpc) is 0.772. The number of halogens is 3. The third kappa shape index (κ3) is 34.5. The minimum absolute atomic E-state index is 0.0134. The van der Waals surface area contributed by atoms with Crippen molar-refractivity contribution in [3.63, 3.8) is 0 Å². The maximum atomic E-state index is 14.5. The van der Waals surface area contributed by atoms with Crippen molar-refractivity contribution in [2.24, 2.45) is 71.0 Å². The van der Waals surface area contributed by atoms with E-state index < -0.39 is 195 Å². The van der Waals surface area contributed by atoms with Gasteiger partial charge < -0.3 is 92.2 Å². The van der Waals surface area contributed by atoms with Crippen LogP contribution in [0.3, 0.4) is 0 Å². The summed E-state index contributed by atoms with van der Waals surface area (Å²) in [7, 11) is 2.86. The fourth-order valence-corrected chi connectivity index (χ4v) is 22.3. The number of cyclic esters (lactones) is 2. The molecule has 146 heavy (non-hydrogen) atoms. The van der Waals surface area contributed by atoms with Gasteiger partial charge in [0, 0.05) is 117 Å². The predicted octanol–water partition coefficient (Wildman–Crippen LogP) is 14.2. The Balaban J connectivity index is 0.000000339. The number of carbonyl (C=O) groups is 10. The number of allylic oxidation sites excluding steroid dienone is 12.